The van der Waals surface area contributed by atoms with Gasteiger partial charge >= 0.3 is 0 Å². The third kappa shape index (κ3) is 11.1. The number of amides is 3. The fourth-order valence-electron chi connectivity index (χ4n) is 8.03. The quantitative estimate of drug-likeness (QED) is 0.122. The molecule has 6 N–H and O–H groups in total. The van der Waals surface area contributed by atoms with E-state index in [-0.39, 0.29) is 17.7 Å². The average Bonchev–Trinajstić information content (AvgIpc) is 4.04. The molecule has 308 valence electrons. The van der Waals surface area contributed by atoms with Crippen molar-refractivity contribution < 1.29 is 43.9 Å². The summed E-state index contributed by atoms with van der Waals surface area (Å²) >= 11 is 0. The van der Waals surface area contributed by atoms with Crippen LogP contribution in [0.2, 0.25) is 0 Å². The van der Waals surface area contributed by atoms with Gasteiger partial charge in [0.25, 0.3) is 0 Å². The van der Waals surface area contributed by atoms with Crippen LogP contribution in [0.15, 0.2) is 54.6 Å². The number of hydrogen-bond donors (Lipinski definition) is 6. The molecule has 0 saturated heterocycles. The largest absolute Gasteiger partial charge is 0.490 e. The maximum Gasteiger partial charge on any atom is 0.219 e. The zero-order chi connectivity index (χ0) is 40.5. The molecular formula is C45H59N3O9. The Bertz CT molecular complexity index is 1870. The van der Waals surface area contributed by atoms with E-state index in [2.05, 4.69) is 34.1 Å². The molecule has 0 radical (unpaired) electrons. The molecule has 3 aliphatic heterocycles. The number of benzene rings is 3. The van der Waals surface area contributed by atoms with Gasteiger partial charge < -0.3 is 45.5 Å². The molecule has 3 amide bonds. The van der Waals surface area contributed by atoms with Crippen LogP contribution in [0.25, 0.3) is 0 Å². The fraction of sp³-hybridized carbons (Fsp3) is 0.533. The zero-order valence-corrected chi connectivity index (χ0v) is 33.4. The van der Waals surface area contributed by atoms with Gasteiger partial charge in [-0.1, -0.05) is 57.2 Å². The van der Waals surface area contributed by atoms with Crippen LogP contribution < -0.4 is 30.2 Å². The Morgan fingerprint density at radius 1 is 0.649 bits per heavy atom. The number of unbranched alkanes of at least 4 members (excludes halogenated alkanes) is 1. The van der Waals surface area contributed by atoms with Gasteiger partial charge in [-0.05, 0) is 90.7 Å². The molecule has 5 aliphatic rings. The number of aliphatic hydroxyl groups excluding tert-OH is 3. The molecular weight excluding hydrogens is 727 g/mol. The number of rotatable bonds is 14. The summed E-state index contributed by atoms with van der Waals surface area (Å²) in [6.45, 7) is 8.16. The van der Waals surface area contributed by atoms with E-state index in [4.69, 9.17) is 14.2 Å². The van der Waals surface area contributed by atoms with Crippen molar-refractivity contribution >= 4 is 17.7 Å². The van der Waals surface area contributed by atoms with Crippen molar-refractivity contribution in [2.75, 3.05) is 26.2 Å². The monoisotopic (exact) mass is 785 g/mol. The van der Waals surface area contributed by atoms with Crippen LogP contribution in [0, 0.1) is 11.8 Å². The van der Waals surface area contributed by atoms with E-state index in [1.807, 2.05) is 57.2 Å². The summed E-state index contributed by atoms with van der Waals surface area (Å²) in [6.07, 6.45) is 6.02. The topological polar surface area (TPSA) is 176 Å². The second-order valence-electron chi connectivity index (χ2n) is 15.5. The Hall–Kier alpha value is -4.65. The lowest BCUT2D eigenvalue weighted by atomic mass is 9.98. The first-order valence-corrected chi connectivity index (χ1v) is 20.8. The molecule has 2 fully saturated rings. The van der Waals surface area contributed by atoms with Crippen LogP contribution in [0.5, 0.6) is 17.2 Å². The van der Waals surface area contributed by atoms with Gasteiger partial charge in [0.15, 0.2) is 0 Å². The van der Waals surface area contributed by atoms with Crippen LogP contribution in [0.4, 0.5) is 0 Å². The number of hydrogen-bond acceptors (Lipinski definition) is 9. The van der Waals surface area contributed by atoms with Gasteiger partial charge in [-0.2, -0.15) is 0 Å². The molecule has 0 bridgehead atoms. The maximum atomic E-state index is 11.3. The molecule has 3 aromatic carbocycles. The lowest BCUT2D eigenvalue weighted by Crippen LogP contribution is -2.24. The Morgan fingerprint density at radius 2 is 1.18 bits per heavy atom. The first kappa shape index (κ1) is 42.0. The number of carbonyl (C=O) groups is 3. The smallest absolute Gasteiger partial charge is 0.219 e. The lowest BCUT2D eigenvalue weighted by molar-refractivity contribution is -0.121. The van der Waals surface area contributed by atoms with Crippen molar-refractivity contribution in [1.29, 1.82) is 0 Å². The van der Waals surface area contributed by atoms with Crippen molar-refractivity contribution in [1.82, 2.24) is 16.0 Å². The van der Waals surface area contributed by atoms with Gasteiger partial charge in [0, 0.05) is 68.4 Å². The molecule has 12 heteroatoms. The van der Waals surface area contributed by atoms with E-state index in [0.29, 0.717) is 62.4 Å². The van der Waals surface area contributed by atoms with Crippen molar-refractivity contribution in [2.45, 2.75) is 115 Å². The summed E-state index contributed by atoms with van der Waals surface area (Å²) in [7, 11) is 0. The highest BCUT2D eigenvalue weighted by Crippen LogP contribution is 2.52. The van der Waals surface area contributed by atoms with Gasteiger partial charge in [0.05, 0.1) is 0 Å². The molecule has 3 unspecified atom stereocenters. The minimum Gasteiger partial charge on any atom is -0.490 e. The molecule has 0 aromatic heterocycles. The maximum absolute atomic E-state index is 11.3. The van der Waals surface area contributed by atoms with Gasteiger partial charge in [-0.15, -0.1) is 0 Å². The molecule has 12 nitrogen and oxygen atoms in total. The summed E-state index contributed by atoms with van der Waals surface area (Å²) in [5.74, 6) is 4.73. The Morgan fingerprint density at radius 3 is 1.81 bits per heavy atom. The highest BCUT2D eigenvalue weighted by Gasteiger charge is 2.42. The predicted molar refractivity (Wildman–Crippen MR) is 215 cm³/mol. The van der Waals surface area contributed by atoms with E-state index in [9.17, 15) is 29.7 Å². The summed E-state index contributed by atoms with van der Waals surface area (Å²) in [5.41, 5.74) is 6.95. The Labute approximate surface area is 335 Å². The number of aryl methyl sites for hydroxylation is 1. The normalized spacial score (nSPS) is 24.0. The average molecular weight is 786 g/mol. The summed E-state index contributed by atoms with van der Waals surface area (Å²) in [6, 6.07) is 17.9. The van der Waals surface area contributed by atoms with E-state index < -0.39 is 18.7 Å². The number of carbonyl (C=O) groups excluding carboxylic acids is 3. The number of ether oxygens (including phenoxy) is 3. The van der Waals surface area contributed by atoms with Gasteiger partial charge in [-0.3, -0.25) is 14.4 Å². The number of fused-ring (bicyclic) bond motifs is 3. The van der Waals surface area contributed by atoms with Crippen LogP contribution >= 0.6 is 0 Å². The molecule has 8 rings (SSSR count). The SMILES string of the molecule is CCC(=O)NCCCCc1cccc2c1C[C@@H](O)O2.CCC(=O)NC[C@@H]1CC1c1cccc2c1C(O)CO2.CCC(=O)NC[C@@H]1CC1c1cccc2c1C[C@H](O)O2. The predicted octanol–water partition coefficient (Wildman–Crippen LogP) is 5.10. The van der Waals surface area contributed by atoms with Crippen molar-refractivity contribution in [3.8, 4) is 17.2 Å². The lowest BCUT2D eigenvalue weighted by Gasteiger charge is -2.09. The van der Waals surface area contributed by atoms with E-state index in [1.165, 1.54) is 16.7 Å². The molecule has 2 saturated carbocycles. The van der Waals surface area contributed by atoms with E-state index >= 15 is 0 Å². The van der Waals surface area contributed by atoms with Gasteiger partial charge in [0.2, 0.25) is 30.3 Å². The Kier molecular flexibility index (Phi) is 14.5. The molecule has 0 spiro atoms. The molecule has 2 aliphatic carbocycles. The summed E-state index contributed by atoms with van der Waals surface area (Å²) < 4.78 is 16.1. The van der Waals surface area contributed by atoms with Crippen LogP contribution in [0.1, 0.15) is 117 Å². The van der Waals surface area contributed by atoms with Crippen molar-refractivity contribution in [3.63, 3.8) is 0 Å². The third-order valence-corrected chi connectivity index (χ3v) is 11.4. The number of aliphatic hydroxyl groups is 3. The van der Waals surface area contributed by atoms with Crippen LogP contribution in [0.3, 0.4) is 0 Å². The first-order chi connectivity index (χ1) is 27.6. The summed E-state index contributed by atoms with van der Waals surface area (Å²) in [4.78, 5) is 33.6. The molecule has 3 aromatic rings. The first-order valence-electron chi connectivity index (χ1n) is 20.8. The number of nitrogens with one attached hydrogen (secondary N) is 3. The molecule has 3 heterocycles. The van der Waals surface area contributed by atoms with Crippen LogP contribution in [-0.4, -0.2) is 71.9 Å². The van der Waals surface area contributed by atoms with E-state index in [0.717, 1.165) is 85.7 Å². The van der Waals surface area contributed by atoms with Gasteiger partial charge in [-0.25, -0.2) is 0 Å². The van der Waals surface area contributed by atoms with Crippen molar-refractivity contribution in [2.24, 2.45) is 11.8 Å². The second-order valence-corrected chi connectivity index (χ2v) is 15.5. The van der Waals surface area contributed by atoms with Crippen LogP contribution in [-0.2, 0) is 33.6 Å². The second kappa shape index (κ2) is 19.7. The zero-order valence-electron chi connectivity index (χ0n) is 33.4. The molecule has 7 atom stereocenters. The highest BCUT2D eigenvalue weighted by atomic mass is 16.6. The minimum absolute atomic E-state index is 0.104. The van der Waals surface area contributed by atoms with E-state index in [1.54, 1.807) is 0 Å². The van der Waals surface area contributed by atoms with Gasteiger partial charge in [0.1, 0.15) is 30.0 Å². The summed E-state index contributed by atoms with van der Waals surface area (Å²) in [5, 5.41) is 37.8. The molecule has 57 heavy (non-hydrogen) atoms. The third-order valence-electron chi connectivity index (χ3n) is 11.4. The fourth-order valence-corrected chi connectivity index (χ4v) is 8.03. The van der Waals surface area contributed by atoms with Crippen molar-refractivity contribution in [3.05, 3.63) is 88.0 Å². The Balaban J connectivity index is 0.000000145. The highest BCUT2D eigenvalue weighted by molar-refractivity contribution is 5.76. The standard InChI is InChI=1S/2C15H19NO3.C15H21NO3/c1-2-14(17)16-8-9-6-11(9)10-4-3-5-13-12(10)7-15(18)19-13;1-2-14(18)16-7-9-6-11(9)10-4-3-5-13-15(10)12(17)8-19-13;1-2-14(17)16-9-4-3-6-11-7-5-8-13-12(11)10-15(18)19-13/h3-5,9,11,15,18H,2,6-8H2,1H3,(H,16,17);3-5,9,11-12,17H,2,6-8H2,1H3,(H,16,18);5,7-8,15,18H,2-4,6,9-10H2,1H3,(H,16,17)/t9-,11?,15+;9-,11?,12?;15-/m000/s1. The minimum atomic E-state index is -0.701.